The molecule has 1 aliphatic heterocycles. The minimum atomic E-state index is -0.0973. The number of carbonyl (C=O) groups is 1. The van der Waals surface area contributed by atoms with Crippen molar-refractivity contribution in [1.29, 1.82) is 0 Å². The molecule has 0 saturated carbocycles. The maximum atomic E-state index is 12.7. The zero-order valence-corrected chi connectivity index (χ0v) is 15.6. The normalized spacial score (nSPS) is 20.8. The lowest BCUT2D eigenvalue weighted by Crippen LogP contribution is -2.33. The molecule has 1 saturated heterocycles. The Morgan fingerprint density at radius 3 is 2.50 bits per heavy atom. The van der Waals surface area contributed by atoms with Crippen molar-refractivity contribution in [1.82, 2.24) is 9.80 Å². The largest absolute Gasteiger partial charge is 0.396 e. The van der Waals surface area contributed by atoms with E-state index in [4.69, 9.17) is 27.9 Å². The number of aliphatic hydroxyl groups excluding tert-OH is 1. The average molecular weight is 375 g/mol. The molecular formula is C17H24Cl2N2O3. The molecule has 0 spiro atoms. The number of carbonyl (C=O) groups excluding carboxylic acids is 1. The Kier molecular flexibility index (Phi) is 7.32. The number of hydrogen-bond acceptors (Lipinski definition) is 4. The minimum absolute atomic E-state index is 0.0723. The third kappa shape index (κ3) is 5.07. The van der Waals surface area contributed by atoms with Gasteiger partial charge in [-0.3, -0.25) is 4.79 Å². The van der Waals surface area contributed by atoms with E-state index in [1.807, 2.05) is 7.05 Å². The van der Waals surface area contributed by atoms with Gasteiger partial charge in [-0.25, -0.2) is 0 Å². The molecule has 1 heterocycles. The second kappa shape index (κ2) is 9.02. The molecule has 0 unspecified atom stereocenters. The van der Waals surface area contributed by atoms with Gasteiger partial charge in [0.15, 0.2) is 0 Å². The molecule has 0 radical (unpaired) electrons. The van der Waals surface area contributed by atoms with E-state index in [-0.39, 0.29) is 24.3 Å². The second-order valence-corrected chi connectivity index (χ2v) is 7.20. The zero-order valence-electron chi connectivity index (χ0n) is 14.0. The minimum Gasteiger partial charge on any atom is -0.396 e. The van der Waals surface area contributed by atoms with Gasteiger partial charge < -0.3 is 19.6 Å². The van der Waals surface area contributed by atoms with Crippen LogP contribution in [0.3, 0.4) is 0 Å². The number of methoxy groups -OCH3 is 1. The third-order valence-electron chi connectivity index (χ3n) is 4.43. The first-order valence-electron chi connectivity index (χ1n) is 7.98. The molecule has 2 rings (SSSR count). The molecule has 24 heavy (non-hydrogen) atoms. The van der Waals surface area contributed by atoms with Crippen LogP contribution in [0.25, 0.3) is 0 Å². The number of likely N-dealkylation sites (N-methyl/N-ethyl adjacent to an activating group) is 1. The van der Waals surface area contributed by atoms with Gasteiger partial charge in [0.1, 0.15) is 0 Å². The van der Waals surface area contributed by atoms with Gasteiger partial charge in [-0.2, -0.15) is 0 Å². The summed E-state index contributed by atoms with van der Waals surface area (Å²) in [5, 5.41) is 10.5. The highest BCUT2D eigenvalue weighted by Gasteiger charge is 2.35. The van der Waals surface area contributed by atoms with Gasteiger partial charge >= 0.3 is 0 Å². The number of ether oxygens (including phenoxy) is 1. The molecule has 134 valence electrons. The lowest BCUT2D eigenvalue weighted by Gasteiger charge is -2.23. The summed E-state index contributed by atoms with van der Waals surface area (Å²) in [6.07, 6.45) is 0. The molecule has 2 atom stereocenters. The van der Waals surface area contributed by atoms with E-state index >= 15 is 0 Å². The van der Waals surface area contributed by atoms with E-state index in [1.54, 1.807) is 30.2 Å². The van der Waals surface area contributed by atoms with Crippen LogP contribution in [0.2, 0.25) is 10.0 Å². The number of hydrogen-bond donors (Lipinski definition) is 1. The number of aliphatic hydroxyl groups is 1. The molecule has 1 N–H and O–H groups in total. The van der Waals surface area contributed by atoms with Crippen LogP contribution >= 0.6 is 23.2 Å². The fraction of sp³-hybridized carbons (Fsp3) is 0.588. The van der Waals surface area contributed by atoms with Gasteiger partial charge in [-0.05, 0) is 31.2 Å². The lowest BCUT2D eigenvalue weighted by atomic mass is 9.96. The topological polar surface area (TPSA) is 53.0 Å². The van der Waals surface area contributed by atoms with Crippen molar-refractivity contribution in [2.45, 2.75) is 0 Å². The highest BCUT2D eigenvalue weighted by atomic mass is 35.5. The number of amides is 1. The predicted molar refractivity (Wildman–Crippen MR) is 95.8 cm³/mol. The predicted octanol–water partition coefficient (Wildman–Crippen LogP) is 2.25. The zero-order chi connectivity index (χ0) is 17.7. The van der Waals surface area contributed by atoms with Gasteiger partial charge in [-0.15, -0.1) is 0 Å². The van der Waals surface area contributed by atoms with Crippen LogP contribution in [-0.4, -0.2) is 74.4 Å². The van der Waals surface area contributed by atoms with Crippen molar-refractivity contribution < 1.29 is 14.6 Å². The monoisotopic (exact) mass is 374 g/mol. The van der Waals surface area contributed by atoms with Gasteiger partial charge in [0.2, 0.25) is 0 Å². The first-order chi connectivity index (χ1) is 11.4. The van der Waals surface area contributed by atoms with Crippen molar-refractivity contribution in [2.75, 3.05) is 53.6 Å². The summed E-state index contributed by atoms with van der Waals surface area (Å²) >= 11 is 12.0. The Balaban J connectivity index is 2.03. The number of benzene rings is 1. The third-order valence-corrected chi connectivity index (χ3v) is 4.87. The molecule has 5 nitrogen and oxygen atoms in total. The van der Waals surface area contributed by atoms with Gasteiger partial charge in [0, 0.05) is 61.4 Å². The van der Waals surface area contributed by atoms with Gasteiger partial charge in [0.05, 0.1) is 6.61 Å². The standard InChI is InChI=1S/C17H24Cl2N2O3/c1-20(3-4-24-2)8-13-9-21(10-14(13)11-22)17(23)12-5-15(18)7-16(19)6-12/h5-7,13-14,22H,3-4,8-11H2,1-2H3/t13-,14-/m1/s1. The summed E-state index contributed by atoms with van der Waals surface area (Å²) in [4.78, 5) is 16.7. The SMILES string of the molecule is COCCN(C)C[C@@H]1CN(C(=O)c2cc(Cl)cc(Cl)c2)C[C@@H]1CO. The first kappa shape index (κ1) is 19.5. The lowest BCUT2D eigenvalue weighted by molar-refractivity contribution is 0.0778. The maximum absolute atomic E-state index is 12.7. The fourth-order valence-corrected chi connectivity index (χ4v) is 3.64. The molecule has 0 aromatic heterocycles. The van der Waals surface area contributed by atoms with Crippen molar-refractivity contribution in [3.05, 3.63) is 33.8 Å². The summed E-state index contributed by atoms with van der Waals surface area (Å²) in [6, 6.07) is 4.86. The molecule has 1 aromatic rings. The van der Waals surface area contributed by atoms with Gasteiger partial charge in [-0.1, -0.05) is 23.2 Å². The van der Waals surface area contributed by atoms with Crippen LogP contribution in [0, 0.1) is 11.8 Å². The smallest absolute Gasteiger partial charge is 0.253 e. The highest BCUT2D eigenvalue weighted by Crippen LogP contribution is 2.27. The molecule has 0 aliphatic carbocycles. The van der Waals surface area contributed by atoms with Crippen LogP contribution < -0.4 is 0 Å². The molecular weight excluding hydrogens is 351 g/mol. The molecule has 1 amide bonds. The molecule has 0 bridgehead atoms. The Bertz CT molecular complexity index is 551. The highest BCUT2D eigenvalue weighted by molar-refractivity contribution is 6.35. The number of rotatable bonds is 7. The van der Waals surface area contributed by atoms with E-state index in [1.165, 1.54) is 0 Å². The molecule has 1 aromatic carbocycles. The van der Waals surface area contributed by atoms with Crippen molar-refractivity contribution in [2.24, 2.45) is 11.8 Å². The number of likely N-dealkylation sites (tertiary alicyclic amines) is 1. The number of halogens is 2. The quantitative estimate of drug-likeness (QED) is 0.795. The summed E-state index contributed by atoms with van der Waals surface area (Å²) in [5.41, 5.74) is 0.484. The fourth-order valence-electron chi connectivity index (χ4n) is 3.12. The maximum Gasteiger partial charge on any atom is 0.253 e. The number of nitrogens with zero attached hydrogens (tertiary/aromatic N) is 2. The summed E-state index contributed by atoms with van der Waals surface area (Å²) < 4.78 is 5.09. The summed E-state index contributed by atoms with van der Waals surface area (Å²) in [5.74, 6) is 0.212. The van der Waals surface area contributed by atoms with Gasteiger partial charge in [0.25, 0.3) is 5.91 Å². The second-order valence-electron chi connectivity index (χ2n) is 6.33. The van der Waals surface area contributed by atoms with E-state index in [9.17, 15) is 9.90 Å². The Labute approximate surface area is 153 Å². The van der Waals surface area contributed by atoms with E-state index in [2.05, 4.69) is 4.90 Å². The van der Waals surface area contributed by atoms with Crippen LogP contribution in [0.5, 0.6) is 0 Å². The van der Waals surface area contributed by atoms with E-state index < -0.39 is 0 Å². The molecule has 1 fully saturated rings. The molecule has 1 aliphatic rings. The summed E-state index contributed by atoms with van der Waals surface area (Å²) in [7, 11) is 3.70. The van der Waals surface area contributed by atoms with Crippen LogP contribution in [-0.2, 0) is 4.74 Å². The van der Waals surface area contributed by atoms with E-state index in [0.29, 0.717) is 35.3 Å². The van der Waals surface area contributed by atoms with Crippen LogP contribution in [0.1, 0.15) is 10.4 Å². The Morgan fingerprint density at radius 2 is 1.92 bits per heavy atom. The van der Waals surface area contributed by atoms with Crippen molar-refractivity contribution >= 4 is 29.1 Å². The first-order valence-corrected chi connectivity index (χ1v) is 8.74. The molecule has 7 heteroatoms. The van der Waals surface area contributed by atoms with Crippen LogP contribution in [0.4, 0.5) is 0 Å². The Morgan fingerprint density at radius 1 is 1.29 bits per heavy atom. The summed E-state index contributed by atoms with van der Waals surface area (Å²) in [6.45, 7) is 3.53. The van der Waals surface area contributed by atoms with Crippen molar-refractivity contribution in [3.8, 4) is 0 Å². The van der Waals surface area contributed by atoms with Crippen molar-refractivity contribution in [3.63, 3.8) is 0 Å². The van der Waals surface area contributed by atoms with E-state index in [0.717, 1.165) is 13.1 Å². The van der Waals surface area contributed by atoms with Crippen LogP contribution in [0.15, 0.2) is 18.2 Å². The average Bonchev–Trinajstić information content (AvgIpc) is 2.94. The Hall–Kier alpha value is -0.850.